The second kappa shape index (κ2) is 9.37. The Morgan fingerprint density at radius 2 is 1.71 bits per heavy atom. The molecule has 186 valence electrons. The largest absolute Gasteiger partial charge is 0.573 e. The fourth-order valence-electron chi connectivity index (χ4n) is 3.06. The summed E-state index contributed by atoms with van der Waals surface area (Å²) in [5.41, 5.74) is 4.32. The standard InChI is InChI=1S/C21H23F6N3O3Si/c1-34(2,3)9-8-31-12-30-11-14(20(22,23)24)18-16(6-7-29-19(18)30)32-15-5-4-13(28)10-17(15)33-21(25,26)27/h4-7,10-11H,8-9,12,28H2,1-3H3. The van der Waals surface area contributed by atoms with Gasteiger partial charge in [-0.25, -0.2) is 4.98 Å². The summed E-state index contributed by atoms with van der Waals surface area (Å²) in [7, 11) is -1.40. The lowest BCUT2D eigenvalue weighted by Crippen LogP contribution is -2.22. The summed E-state index contributed by atoms with van der Waals surface area (Å²) in [4.78, 5) is 4.02. The first-order valence-electron chi connectivity index (χ1n) is 10.1. The highest BCUT2D eigenvalue weighted by Crippen LogP contribution is 2.43. The van der Waals surface area contributed by atoms with Crippen LogP contribution in [0.2, 0.25) is 25.7 Å². The minimum absolute atomic E-state index is 0.0518. The van der Waals surface area contributed by atoms with Crippen molar-refractivity contribution >= 4 is 24.8 Å². The first kappa shape index (κ1) is 25.7. The zero-order valence-corrected chi connectivity index (χ0v) is 19.5. The second-order valence-corrected chi connectivity index (χ2v) is 14.3. The molecule has 2 heterocycles. The molecule has 0 spiro atoms. The molecule has 3 rings (SSSR count). The summed E-state index contributed by atoms with van der Waals surface area (Å²) in [5.74, 6) is -1.61. The summed E-state index contributed by atoms with van der Waals surface area (Å²) < 4.78 is 96.0. The Morgan fingerprint density at radius 3 is 2.32 bits per heavy atom. The lowest BCUT2D eigenvalue weighted by Gasteiger charge is -2.16. The van der Waals surface area contributed by atoms with E-state index in [9.17, 15) is 26.3 Å². The third kappa shape index (κ3) is 6.56. The predicted molar refractivity (Wildman–Crippen MR) is 116 cm³/mol. The maximum Gasteiger partial charge on any atom is 0.573 e. The van der Waals surface area contributed by atoms with Crippen molar-refractivity contribution in [1.82, 2.24) is 9.55 Å². The average molecular weight is 508 g/mol. The minimum atomic E-state index is -5.06. The van der Waals surface area contributed by atoms with E-state index in [-0.39, 0.29) is 23.8 Å². The first-order chi connectivity index (χ1) is 15.6. The second-order valence-electron chi connectivity index (χ2n) is 8.72. The van der Waals surface area contributed by atoms with Crippen LogP contribution >= 0.6 is 0 Å². The Labute approximate surface area is 192 Å². The van der Waals surface area contributed by atoms with E-state index in [0.717, 1.165) is 30.4 Å². The van der Waals surface area contributed by atoms with Crippen molar-refractivity contribution in [3.05, 3.63) is 42.2 Å². The monoisotopic (exact) mass is 507 g/mol. The predicted octanol–water partition coefficient (Wildman–Crippen LogP) is 6.64. The van der Waals surface area contributed by atoms with Crippen LogP contribution in [0.25, 0.3) is 11.0 Å². The van der Waals surface area contributed by atoms with Crippen LogP contribution in [0, 0.1) is 0 Å². The molecule has 0 saturated heterocycles. The summed E-state index contributed by atoms with van der Waals surface area (Å²) in [6.07, 6.45) is -7.81. The van der Waals surface area contributed by atoms with Crippen molar-refractivity contribution < 1.29 is 40.6 Å². The fraction of sp³-hybridized carbons (Fsp3) is 0.381. The molecule has 6 nitrogen and oxygen atoms in total. The van der Waals surface area contributed by atoms with Crippen molar-refractivity contribution in [2.75, 3.05) is 12.3 Å². The molecule has 34 heavy (non-hydrogen) atoms. The number of ether oxygens (including phenoxy) is 3. The number of benzene rings is 1. The van der Waals surface area contributed by atoms with Crippen LogP contribution in [0.5, 0.6) is 17.2 Å². The highest BCUT2D eigenvalue weighted by molar-refractivity contribution is 6.76. The van der Waals surface area contributed by atoms with Gasteiger partial charge >= 0.3 is 12.5 Å². The van der Waals surface area contributed by atoms with Gasteiger partial charge in [-0.2, -0.15) is 13.2 Å². The van der Waals surface area contributed by atoms with Crippen LogP contribution in [0.4, 0.5) is 32.0 Å². The number of pyridine rings is 1. The molecule has 0 fully saturated rings. The minimum Gasteiger partial charge on any atom is -0.453 e. The number of rotatable bonds is 8. The lowest BCUT2D eigenvalue weighted by atomic mass is 10.2. The molecule has 2 aromatic heterocycles. The Morgan fingerprint density at radius 1 is 1.00 bits per heavy atom. The molecule has 0 aliphatic heterocycles. The highest BCUT2D eigenvalue weighted by atomic mass is 28.3. The SMILES string of the molecule is C[Si](C)(C)CCOCn1cc(C(F)(F)F)c2c(Oc3ccc(N)cc3OC(F)(F)F)ccnc21. The smallest absolute Gasteiger partial charge is 0.453 e. The van der Waals surface area contributed by atoms with Crippen LogP contribution in [-0.4, -0.2) is 30.6 Å². The van der Waals surface area contributed by atoms with E-state index < -0.39 is 43.1 Å². The number of nitrogens with zero attached hydrogens (tertiary/aromatic N) is 2. The van der Waals surface area contributed by atoms with Crippen LogP contribution in [0.15, 0.2) is 36.7 Å². The number of nitrogen functional groups attached to an aromatic ring is 1. The van der Waals surface area contributed by atoms with Gasteiger partial charge in [0.2, 0.25) is 0 Å². The molecular formula is C21H23F6N3O3Si. The van der Waals surface area contributed by atoms with E-state index in [1.54, 1.807) is 0 Å². The van der Waals surface area contributed by atoms with Gasteiger partial charge < -0.3 is 24.5 Å². The maximum atomic E-state index is 13.8. The van der Waals surface area contributed by atoms with Crippen molar-refractivity contribution in [1.29, 1.82) is 0 Å². The molecule has 0 unspecified atom stereocenters. The third-order valence-corrected chi connectivity index (χ3v) is 6.37. The number of aromatic nitrogens is 2. The van der Waals surface area contributed by atoms with Gasteiger partial charge in [0.05, 0.1) is 10.9 Å². The molecular weight excluding hydrogens is 484 g/mol. The van der Waals surface area contributed by atoms with E-state index in [1.165, 1.54) is 16.8 Å². The Balaban J connectivity index is 2.01. The van der Waals surface area contributed by atoms with E-state index in [0.29, 0.717) is 6.61 Å². The van der Waals surface area contributed by atoms with Crippen molar-refractivity contribution in [3.63, 3.8) is 0 Å². The normalized spacial score (nSPS) is 12.9. The van der Waals surface area contributed by atoms with E-state index in [4.69, 9.17) is 15.2 Å². The van der Waals surface area contributed by atoms with Gasteiger partial charge in [0.1, 0.15) is 18.1 Å². The van der Waals surface area contributed by atoms with Crippen LogP contribution in [0.3, 0.4) is 0 Å². The van der Waals surface area contributed by atoms with E-state index in [1.807, 2.05) is 0 Å². The van der Waals surface area contributed by atoms with Gasteiger partial charge in [-0.1, -0.05) is 19.6 Å². The first-order valence-corrected chi connectivity index (χ1v) is 13.8. The highest BCUT2D eigenvalue weighted by Gasteiger charge is 2.37. The summed E-state index contributed by atoms with van der Waals surface area (Å²) in [6.45, 7) is 6.61. The van der Waals surface area contributed by atoms with Crippen molar-refractivity contribution in [2.24, 2.45) is 0 Å². The molecule has 0 saturated carbocycles. The topological polar surface area (TPSA) is 71.5 Å². The van der Waals surface area contributed by atoms with Gasteiger partial charge in [0, 0.05) is 38.8 Å². The molecule has 0 amide bonds. The number of anilines is 1. The number of hydrogen-bond acceptors (Lipinski definition) is 5. The number of alkyl halides is 6. The molecule has 2 N–H and O–H groups in total. The van der Waals surface area contributed by atoms with Gasteiger partial charge in [0.25, 0.3) is 0 Å². The van der Waals surface area contributed by atoms with E-state index in [2.05, 4.69) is 29.4 Å². The van der Waals surface area contributed by atoms with Gasteiger partial charge in [-0.3, -0.25) is 0 Å². The molecule has 0 aliphatic rings. The van der Waals surface area contributed by atoms with E-state index >= 15 is 0 Å². The molecule has 0 aliphatic carbocycles. The van der Waals surface area contributed by atoms with Crippen LogP contribution in [-0.2, 0) is 17.6 Å². The zero-order chi connectivity index (χ0) is 25.3. The molecule has 0 bridgehead atoms. The molecule has 1 aromatic carbocycles. The van der Waals surface area contributed by atoms with Gasteiger partial charge in [0.15, 0.2) is 11.5 Å². The van der Waals surface area contributed by atoms with Gasteiger partial charge in [-0.05, 0) is 24.2 Å². The quantitative estimate of drug-likeness (QED) is 0.160. The maximum absolute atomic E-state index is 13.8. The van der Waals surface area contributed by atoms with Gasteiger partial charge in [-0.15, -0.1) is 13.2 Å². The molecule has 0 atom stereocenters. The molecule has 0 radical (unpaired) electrons. The molecule has 3 aromatic rings. The average Bonchev–Trinajstić information content (AvgIpc) is 3.05. The summed E-state index contributed by atoms with van der Waals surface area (Å²) in [5, 5.41) is -0.418. The Kier molecular flexibility index (Phi) is 7.08. The fourth-order valence-corrected chi connectivity index (χ4v) is 3.81. The zero-order valence-electron chi connectivity index (χ0n) is 18.5. The Bertz CT molecular complexity index is 1160. The van der Waals surface area contributed by atoms with Crippen LogP contribution in [0.1, 0.15) is 5.56 Å². The lowest BCUT2D eigenvalue weighted by molar-refractivity contribution is -0.275. The summed E-state index contributed by atoms with van der Waals surface area (Å²) in [6, 6.07) is 5.12. The number of halogens is 6. The number of hydrogen-bond donors (Lipinski definition) is 1. The molecule has 13 heteroatoms. The number of fused-ring (bicyclic) bond motifs is 1. The van der Waals surface area contributed by atoms with Crippen molar-refractivity contribution in [3.8, 4) is 17.2 Å². The number of nitrogens with two attached hydrogens (primary N) is 1. The Hall–Kier alpha value is -2.93. The summed E-state index contributed by atoms with van der Waals surface area (Å²) >= 11 is 0. The third-order valence-electron chi connectivity index (χ3n) is 4.66. The van der Waals surface area contributed by atoms with Crippen LogP contribution < -0.4 is 15.2 Å². The van der Waals surface area contributed by atoms with Crippen molar-refractivity contribution in [2.45, 2.75) is 45.0 Å².